The van der Waals surface area contributed by atoms with Crippen LogP contribution in [0.4, 0.5) is 0 Å². The van der Waals surface area contributed by atoms with Gasteiger partial charge in [0.25, 0.3) is 0 Å². The summed E-state index contributed by atoms with van der Waals surface area (Å²) in [5.41, 5.74) is 1.11. The summed E-state index contributed by atoms with van der Waals surface area (Å²) in [4.78, 5) is 26.4. The first-order valence-electron chi connectivity index (χ1n) is 9.87. The minimum absolute atomic E-state index is 0.0912. The molecule has 0 saturated carbocycles. The molecular formula is C22H26ClN3O3. The predicted molar refractivity (Wildman–Crippen MR) is 113 cm³/mol. The number of furan rings is 1. The Hall–Kier alpha value is -2.57. The quantitative estimate of drug-likeness (QED) is 0.615. The molecule has 3 rings (SSSR count). The topological polar surface area (TPSA) is 74.6 Å². The molecule has 0 radical (unpaired) electrons. The fourth-order valence-electron chi connectivity index (χ4n) is 3.43. The van der Waals surface area contributed by atoms with Crippen molar-refractivity contribution in [2.45, 2.75) is 25.3 Å². The smallest absolute Gasteiger partial charge is 0.244 e. The SMILES string of the molecule is O=C(/C=C/c1ccco1)NCCC(=O)NCC(c1cccc(Cl)c1)N1CCCC1. The van der Waals surface area contributed by atoms with Crippen LogP contribution in [0.2, 0.25) is 5.02 Å². The predicted octanol–water partition coefficient (Wildman–Crippen LogP) is 3.41. The van der Waals surface area contributed by atoms with E-state index in [0.717, 1.165) is 18.7 Å². The summed E-state index contributed by atoms with van der Waals surface area (Å²) in [5, 5.41) is 6.40. The van der Waals surface area contributed by atoms with E-state index >= 15 is 0 Å². The standard InChI is InChI=1S/C22H26ClN3O3/c23-18-6-3-5-17(15-18)20(26-12-1-2-13-26)16-25-22(28)10-11-24-21(27)9-8-19-7-4-14-29-19/h3-9,14-15,20H,1-2,10-13,16H2,(H,24,27)(H,25,28)/b9-8+. The molecule has 0 aliphatic carbocycles. The molecule has 1 aromatic carbocycles. The number of carbonyl (C=O) groups excluding carboxylic acids is 2. The number of carbonyl (C=O) groups is 2. The van der Waals surface area contributed by atoms with Crippen molar-refractivity contribution in [2.75, 3.05) is 26.2 Å². The third kappa shape index (κ3) is 6.76. The number of hydrogen-bond donors (Lipinski definition) is 2. The molecule has 2 aromatic rings. The second kappa shape index (κ2) is 10.8. The summed E-state index contributed by atoms with van der Waals surface area (Å²) in [6, 6.07) is 11.4. The van der Waals surface area contributed by atoms with E-state index in [1.165, 1.54) is 18.9 Å². The zero-order valence-corrected chi connectivity index (χ0v) is 17.0. The number of halogens is 1. The van der Waals surface area contributed by atoms with E-state index in [2.05, 4.69) is 15.5 Å². The fraction of sp³-hybridized carbons (Fsp3) is 0.364. The van der Waals surface area contributed by atoms with Gasteiger partial charge in [-0.25, -0.2) is 0 Å². The van der Waals surface area contributed by atoms with Crippen LogP contribution < -0.4 is 10.6 Å². The van der Waals surface area contributed by atoms with Gasteiger partial charge in [-0.1, -0.05) is 23.7 Å². The molecule has 1 aliphatic rings. The molecule has 0 spiro atoms. The van der Waals surface area contributed by atoms with Gasteiger partial charge in [-0.2, -0.15) is 0 Å². The van der Waals surface area contributed by atoms with E-state index in [-0.39, 0.29) is 30.8 Å². The Morgan fingerprint density at radius 2 is 2.00 bits per heavy atom. The van der Waals surface area contributed by atoms with E-state index < -0.39 is 0 Å². The maximum Gasteiger partial charge on any atom is 0.244 e. The molecule has 0 bridgehead atoms. The zero-order chi connectivity index (χ0) is 20.5. The summed E-state index contributed by atoms with van der Waals surface area (Å²) in [6.45, 7) is 2.83. The van der Waals surface area contributed by atoms with Crippen LogP contribution in [0.3, 0.4) is 0 Å². The molecule has 2 heterocycles. The van der Waals surface area contributed by atoms with Gasteiger partial charge in [0.05, 0.1) is 12.3 Å². The highest BCUT2D eigenvalue weighted by Crippen LogP contribution is 2.26. The molecule has 7 heteroatoms. The van der Waals surface area contributed by atoms with Crippen LogP contribution in [-0.4, -0.2) is 42.9 Å². The largest absolute Gasteiger partial charge is 0.465 e. The van der Waals surface area contributed by atoms with E-state index in [0.29, 0.717) is 17.3 Å². The number of hydrogen-bond acceptors (Lipinski definition) is 4. The van der Waals surface area contributed by atoms with Crippen molar-refractivity contribution in [3.05, 3.63) is 65.1 Å². The van der Waals surface area contributed by atoms with E-state index in [1.807, 2.05) is 24.3 Å². The van der Waals surface area contributed by atoms with Gasteiger partial charge >= 0.3 is 0 Å². The van der Waals surface area contributed by atoms with Gasteiger partial charge in [0.15, 0.2) is 0 Å². The Labute approximate surface area is 175 Å². The molecule has 1 atom stereocenters. The van der Waals surface area contributed by atoms with Gasteiger partial charge in [-0.15, -0.1) is 0 Å². The van der Waals surface area contributed by atoms with Crippen LogP contribution in [0.25, 0.3) is 6.08 Å². The summed E-state index contributed by atoms with van der Waals surface area (Å²) in [6.07, 6.45) is 7.08. The maximum absolute atomic E-state index is 12.2. The van der Waals surface area contributed by atoms with Crippen LogP contribution in [0.1, 0.15) is 36.6 Å². The van der Waals surface area contributed by atoms with Gasteiger partial charge in [-0.05, 0) is 61.8 Å². The molecule has 154 valence electrons. The molecule has 29 heavy (non-hydrogen) atoms. The van der Waals surface area contributed by atoms with Crippen LogP contribution >= 0.6 is 11.6 Å². The first-order valence-corrected chi connectivity index (χ1v) is 10.3. The summed E-state index contributed by atoms with van der Waals surface area (Å²) in [5.74, 6) is 0.251. The zero-order valence-electron chi connectivity index (χ0n) is 16.3. The summed E-state index contributed by atoms with van der Waals surface area (Å²) >= 11 is 6.16. The second-order valence-corrected chi connectivity index (χ2v) is 7.44. The van der Waals surface area contributed by atoms with Crippen LogP contribution in [0, 0.1) is 0 Å². The summed E-state index contributed by atoms with van der Waals surface area (Å²) < 4.78 is 5.12. The molecular weight excluding hydrogens is 390 g/mol. The minimum atomic E-state index is -0.261. The number of amides is 2. The molecule has 1 aromatic heterocycles. The average Bonchev–Trinajstić information content (AvgIpc) is 3.41. The van der Waals surface area contributed by atoms with Crippen molar-refractivity contribution >= 4 is 29.5 Å². The third-order valence-corrected chi connectivity index (χ3v) is 5.14. The van der Waals surface area contributed by atoms with Crippen LogP contribution in [0.15, 0.2) is 53.2 Å². The lowest BCUT2D eigenvalue weighted by atomic mass is 10.1. The van der Waals surface area contributed by atoms with E-state index in [4.69, 9.17) is 16.0 Å². The summed E-state index contributed by atoms with van der Waals surface area (Å²) in [7, 11) is 0. The van der Waals surface area contributed by atoms with Gasteiger partial charge in [0.2, 0.25) is 11.8 Å². The molecule has 1 aliphatic heterocycles. The van der Waals surface area contributed by atoms with E-state index in [1.54, 1.807) is 24.5 Å². The number of likely N-dealkylation sites (tertiary alicyclic amines) is 1. The van der Waals surface area contributed by atoms with Crippen molar-refractivity contribution in [3.63, 3.8) is 0 Å². The third-order valence-electron chi connectivity index (χ3n) is 4.90. The van der Waals surface area contributed by atoms with Crippen molar-refractivity contribution in [3.8, 4) is 0 Å². The Bertz CT molecular complexity index is 830. The highest BCUT2D eigenvalue weighted by Gasteiger charge is 2.24. The number of benzene rings is 1. The lowest BCUT2D eigenvalue weighted by Crippen LogP contribution is -2.38. The van der Waals surface area contributed by atoms with Crippen LogP contribution in [0.5, 0.6) is 0 Å². The van der Waals surface area contributed by atoms with Gasteiger partial charge < -0.3 is 15.1 Å². The van der Waals surface area contributed by atoms with Crippen molar-refractivity contribution in [2.24, 2.45) is 0 Å². The van der Waals surface area contributed by atoms with Crippen molar-refractivity contribution in [1.82, 2.24) is 15.5 Å². The average molecular weight is 416 g/mol. The molecule has 2 N–H and O–H groups in total. The number of nitrogens with zero attached hydrogens (tertiary/aromatic N) is 1. The number of rotatable bonds is 9. The van der Waals surface area contributed by atoms with Gasteiger partial charge in [0.1, 0.15) is 5.76 Å². The van der Waals surface area contributed by atoms with Crippen molar-refractivity contribution in [1.29, 1.82) is 0 Å². The molecule has 1 unspecified atom stereocenters. The molecule has 6 nitrogen and oxygen atoms in total. The van der Waals surface area contributed by atoms with Crippen molar-refractivity contribution < 1.29 is 14.0 Å². The molecule has 1 fully saturated rings. The first-order chi connectivity index (χ1) is 14.1. The van der Waals surface area contributed by atoms with Crippen LogP contribution in [-0.2, 0) is 9.59 Å². The number of nitrogens with one attached hydrogen (secondary N) is 2. The molecule has 1 saturated heterocycles. The lowest BCUT2D eigenvalue weighted by molar-refractivity contribution is -0.121. The lowest BCUT2D eigenvalue weighted by Gasteiger charge is -2.28. The maximum atomic E-state index is 12.2. The van der Waals surface area contributed by atoms with Gasteiger partial charge in [0, 0.05) is 30.6 Å². The minimum Gasteiger partial charge on any atom is -0.465 e. The fourth-order valence-corrected chi connectivity index (χ4v) is 3.62. The van der Waals surface area contributed by atoms with E-state index in [9.17, 15) is 9.59 Å². The Kier molecular flexibility index (Phi) is 7.90. The monoisotopic (exact) mass is 415 g/mol. The van der Waals surface area contributed by atoms with Gasteiger partial charge in [-0.3, -0.25) is 14.5 Å². The normalized spacial score (nSPS) is 15.5. The first kappa shape index (κ1) is 21.1. The molecule has 2 amide bonds. The second-order valence-electron chi connectivity index (χ2n) is 7.01. The Balaban J connectivity index is 1.44. The Morgan fingerprint density at radius 1 is 1.17 bits per heavy atom. The highest BCUT2D eigenvalue weighted by molar-refractivity contribution is 6.30. The highest BCUT2D eigenvalue weighted by atomic mass is 35.5. The Morgan fingerprint density at radius 3 is 2.72 bits per heavy atom.